The number of carbonyl (C=O) groups is 3. The first-order chi connectivity index (χ1) is 56.8. The summed E-state index contributed by atoms with van der Waals surface area (Å²) in [6.45, 7) is 10.9. The highest BCUT2D eigenvalue weighted by molar-refractivity contribution is 6.31. The molecule has 0 amide bonds. The van der Waals surface area contributed by atoms with E-state index in [-0.39, 0.29) is 140 Å². The van der Waals surface area contributed by atoms with Crippen LogP contribution in [0.5, 0.6) is 17.6 Å². The molecule has 6 heterocycles. The summed E-state index contributed by atoms with van der Waals surface area (Å²) in [7, 11) is 0. The van der Waals surface area contributed by atoms with Crippen LogP contribution in [-0.2, 0) is 47.9 Å². The number of anilines is 3. The average molecular weight is 1720 g/mol. The van der Waals surface area contributed by atoms with Crippen LogP contribution >= 0.6 is 34.8 Å². The van der Waals surface area contributed by atoms with Crippen LogP contribution < -0.4 is 48.6 Å². The molecule has 0 unspecified atom stereocenters. The van der Waals surface area contributed by atoms with E-state index in [0.717, 1.165) is 16.7 Å². The minimum Gasteiger partial charge on any atom is -0.465 e. The van der Waals surface area contributed by atoms with Crippen molar-refractivity contribution in [1.82, 2.24) is 59.2 Å². The summed E-state index contributed by atoms with van der Waals surface area (Å²) in [5, 5.41) is 13.4. The molecule has 120 heavy (non-hydrogen) atoms. The molecule has 12 N–H and O–H groups in total. The number of hydrogen-bond acceptors (Lipinski definition) is 24. The van der Waals surface area contributed by atoms with E-state index in [0.29, 0.717) is 33.8 Å². The van der Waals surface area contributed by atoms with E-state index in [1.165, 1.54) is 105 Å². The number of benzene rings is 6. The molecule has 0 spiro atoms. The van der Waals surface area contributed by atoms with Crippen LogP contribution in [0.4, 0.5) is 57.4 Å². The predicted molar refractivity (Wildman–Crippen MR) is 429 cm³/mol. The minimum absolute atomic E-state index is 0.0989. The fourth-order valence-electron chi connectivity index (χ4n) is 11.9. The Bertz CT molecular complexity index is 5020. The SMILES string of the molecule is CCOC(=O)[C@@H](N)Cc1ccc(-c2cc(O[C@H](c3ccc(Cl)cc3-n3ccc(C)n3)C(F)(F)F)nc(N)n2)cc1.CCOC(=O)[C@@H](N)Cc1ccc(-c2cc(O[C@H](c3ccc(Cl)cc3-n3ccc(C)n3)C(F)(F)F)nc(N)n2)cc1.CCOC(=O)[C@@H](N)Cc1ccc(-c2cc(O[C@H](c3ccc(Cl)cc3-n3ccc(C)n3)C(F)(F)F)nc(N)n2)cc1. The van der Waals surface area contributed by atoms with Crippen LogP contribution in [0.2, 0.25) is 15.1 Å². The van der Waals surface area contributed by atoms with E-state index in [9.17, 15) is 53.9 Å². The van der Waals surface area contributed by atoms with Gasteiger partial charge in [-0.15, -0.1) is 0 Å². The fourth-order valence-corrected chi connectivity index (χ4v) is 12.4. The van der Waals surface area contributed by atoms with Gasteiger partial charge in [-0.25, -0.2) is 29.0 Å². The summed E-state index contributed by atoms with van der Waals surface area (Å²) >= 11 is 18.3. The standard InChI is InChI=1S/3C27H26ClF3N6O3/c3*1-3-39-25(38)20(32)12-16-4-6-17(7-5-16)21-14-23(35-26(33)34-21)40-24(27(29,30)31)19-9-8-18(28)13-22(19)37-11-10-15(2)36-37/h3*4-11,13-14,20,24H,3,12,32H2,1-2H3,(H2,33,34,35)/t3*20-,24+/m000/s1. The van der Waals surface area contributed by atoms with Crippen molar-refractivity contribution in [1.29, 1.82) is 0 Å². The molecule has 630 valence electrons. The molecule has 0 bridgehead atoms. The number of ether oxygens (including phenoxy) is 6. The molecule has 6 aromatic heterocycles. The number of halogens is 12. The van der Waals surface area contributed by atoms with Crippen LogP contribution in [-0.4, -0.2) is 134 Å². The summed E-state index contributed by atoms with van der Waals surface area (Å²) in [6, 6.07) is 38.5. The van der Waals surface area contributed by atoms with Gasteiger partial charge < -0.3 is 62.8 Å². The van der Waals surface area contributed by atoms with Crippen LogP contribution in [0.1, 0.15) is 89.5 Å². The Morgan fingerprint density at radius 3 is 0.817 bits per heavy atom. The highest BCUT2D eigenvalue weighted by Crippen LogP contribution is 2.44. The molecule has 0 aliphatic rings. The molecule has 12 aromatic rings. The van der Waals surface area contributed by atoms with Crippen molar-refractivity contribution in [3.05, 3.63) is 248 Å². The van der Waals surface area contributed by atoms with Gasteiger partial charge in [0, 0.05) is 85.2 Å². The number of aromatic nitrogens is 12. The maximum atomic E-state index is 14.4. The number of aryl methyl sites for hydroxylation is 3. The van der Waals surface area contributed by atoms with Gasteiger partial charge in [-0.3, -0.25) is 14.4 Å². The molecule has 0 radical (unpaired) electrons. The summed E-state index contributed by atoms with van der Waals surface area (Å²) in [5.74, 6) is -3.50. The Morgan fingerprint density at radius 2 is 0.608 bits per heavy atom. The van der Waals surface area contributed by atoms with Crippen LogP contribution in [0.3, 0.4) is 0 Å². The van der Waals surface area contributed by atoms with Gasteiger partial charge in [-0.1, -0.05) is 126 Å². The Kier molecular flexibility index (Phi) is 29.5. The molecular weight excluding hydrogens is 1650 g/mol. The molecule has 6 aromatic carbocycles. The van der Waals surface area contributed by atoms with Gasteiger partial charge >= 0.3 is 36.4 Å². The first kappa shape index (κ1) is 89.9. The first-order valence-electron chi connectivity index (χ1n) is 36.5. The monoisotopic (exact) mass is 1720 g/mol. The summed E-state index contributed by atoms with van der Waals surface area (Å²) in [4.78, 5) is 59.5. The minimum atomic E-state index is -4.83. The number of nitrogen functional groups attached to an aromatic ring is 3. The van der Waals surface area contributed by atoms with E-state index in [1.54, 1.807) is 133 Å². The number of nitrogens with two attached hydrogens (primary N) is 6. The van der Waals surface area contributed by atoms with Gasteiger partial charge in [0.05, 0.1) is 71.0 Å². The maximum Gasteiger partial charge on any atom is 0.429 e. The molecule has 0 saturated heterocycles. The third-order valence-electron chi connectivity index (χ3n) is 17.4. The fraction of sp³-hybridized carbons (Fsp3) is 0.259. The Balaban J connectivity index is 0.000000189. The normalized spacial score (nSPS) is 13.1. The van der Waals surface area contributed by atoms with Crippen molar-refractivity contribution in [2.45, 2.75) is 116 Å². The lowest BCUT2D eigenvalue weighted by Crippen LogP contribution is -2.34. The summed E-state index contributed by atoms with van der Waals surface area (Å²) in [6.07, 6.45) is -16.4. The second-order valence-corrected chi connectivity index (χ2v) is 27.9. The van der Waals surface area contributed by atoms with Crippen molar-refractivity contribution < 1.29 is 82.3 Å². The van der Waals surface area contributed by atoms with Crippen molar-refractivity contribution in [3.8, 4) is 68.5 Å². The maximum absolute atomic E-state index is 14.4. The summed E-state index contributed by atoms with van der Waals surface area (Å²) < 4.78 is 164. The lowest BCUT2D eigenvalue weighted by Gasteiger charge is -2.24. The first-order valence-corrected chi connectivity index (χ1v) is 37.6. The molecule has 0 saturated carbocycles. The topological polar surface area (TPSA) is 394 Å². The Hall–Kier alpha value is -12.5. The third kappa shape index (κ3) is 24.1. The average Bonchev–Trinajstić information content (AvgIpc) is 1.73. The molecule has 0 aliphatic heterocycles. The van der Waals surface area contributed by atoms with Crippen LogP contribution in [0, 0.1) is 20.8 Å². The van der Waals surface area contributed by atoms with Gasteiger partial charge in [0.15, 0.2) is 0 Å². The quantitative estimate of drug-likeness (QED) is 0.0158. The highest BCUT2D eigenvalue weighted by Gasteiger charge is 2.48. The van der Waals surface area contributed by atoms with E-state index >= 15 is 0 Å². The van der Waals surface area contributed by atoms with Crippen molar-refractivity contribution >= 4 is 70.6 Å². The number of hydrogen-bond donors (Lipinski definition) is 6. The second kappa shape index (κ2) is 39.4. The van der Waals surface area contributed by atoms with Crippen molar-refractivity contribution in [2.75, 3.05) is 37.0 Å². The van der Waals surface area contributed by atoms with E-state index < -0.39 is 72.9 Å². The number of rotatable bonds is 27. The smallest absolute Gasteiger partial charge is 0.429 e. The van der Waals surface area contributed by atoms with Gasteiger partial charge in [0.1, 0.15) is 18.1 Å². The molecule has 12 rings (SSSR count). The van der Waals surface area contributed by atoms with Gasteiger partial charge in [-0.2, -0.15) is 69.8 Å². The van der Waals surface area contributed by atoms with E-state index in [2.05, 4.69) is 45.2 Å². The van der Waals surface area contributed by atoms with Gasteiger partial charge in [0.2, 0.25) is 53.8 Å². The third-order valence-corrected chi connectivity index (χ3v) is 18.1. The number of nitrogens with zero attached hydrogens (tertiary/aromatic N) is 12. The molecular formula is C81H78Cl3F9N18O9. The number of carbonyl (C=O) groups excluding carboxylic acids is 3. The van der Waals surface area contributed by atoms with Gasteiger partial charge in [0.25, 0.3) is 0 Å². The van der Waals surface area contributed by atoms with Crippen LogP contribution in [0.15, 0.2) is 182 Å². The molecule has 0 aliphatic carbocycles. The molecule has 6 atom stereocenters. The zero-order valence-corrected chi connectivity index (χ0v) is 66.8. The lowest BCUT2D eigenvalue weighted by molar-refractivity contribution is -0.199. The van der Waals surface area contributed by atoms with E-state index in [1.807, 2.05) is 0 Å². The van der Waals surface area contributed by atoms with Gasteiger partial charge in [-0.05, 0) is 132 Å². The number of esters is 3. The Morgan fingerprint density at radius 1 is 0.367 bits per heavy atom. The molecule has 27 nitrogen and oxygen atoms in total. The predicted octanol–water partition coefficient (Wildman–Crippen LogP) is 15.0. The molecule has 0 fully saturated rings. The Labute approximate surface area is 695 Å². The summed E-state index contributed by atoms with van der Waals surface area (Å²) in [5.41, 5.74) is 41.2. The van der Waals surface area contributed by atoms with Crippen molar-refractivity contribution in [2.24, 2.45) is 17.2 Å². The zero-order valence-electron chi connectivity index (χ0n) is 64.6. The van der Waals surface area contributed by atoms with Crippen LogP contribution in [0.25, 0.3) is 50.8 Å². The molecule has 39 heteroatoms. The second-order valence-electron chi connectivity index (χ2n) is 26.6. The highest BCUT2D eigenvalue weighted by atomic mass is 35.5. The number of alkyl halides is 9. The van der Waals surface area contributed by atoms with E-state index in [4.69, 9.17) is 97.6 Å². The largest absolute Gasteiger partial charge is 0.465 e. The van der Waals surface area contributed by atoms with Crippen molar-refractivity contribution in [3.63, 3.8) is 0 Å². The lowest BCUT2D eigenvalue weighted by atomic mass is 10.0. The zero-order chi connectivity index (χ0) is 87.1.